The number of benzene rings is 1. The maximum atomic E-state index is 12.4. The molecule has 0 unspecified atom stereocenters. The number of alkyl carbamates (subject to hydrolysis) is 1. The Hall–Kier alpha value is -3.00. The number of allylic oxidation sites excluding steroid dienone is 2. The molecule has 0 saturated heterocycles. The molecule has 0 spiro atoms. The van der Waals surface area contributed by atoms with Crippen LogP contribution in [-0.4, -0.2) is 46.9 Å². The number of aliphatic hydroxyl groups excluding tert-OH is 1. The van der Waals surface area contributed by atoms with Crippen LogP contribution in [0.15, 0.2) is 36.0 Å². The maximum Gasteiger partial charge on any atom is 0.408 e. The summed E-state index contributed by atoms with van der Waals surface area (Å²) < 4.78 is 5.02. The van der Waals surface area contributed by atoms with Crippen molar-refractivity contribution < 1.29 is 29.0 Å². The van der Waals surface area contributed by atoms with Gasteiger partial charge in [-0.1, -0.05) is 24.3 Å². The van der Waals surface area contributed by atoms with Gasteiger partial charge in [-0.2, -0.15) is 0 Å². The lowest BCUT2D eigenvalue weighted by molar-refractivity contribution is -0.123. The number of rotatable bonds is 4. The number of hydrogen-bond donors (Lipinski definition) is 3. The highest BCUT2D eigenvalue weighted by atomic mass is 16.6. The Morgan fingerprint density at radius 2 is 1.77 bits per heavy atom. The fourth-order valence-electron chi connectivity index (χ4n) is 2.27. The van der Waals surface area contributed by atoms with E-state index >= 15 is 0 Å². The summed E-state index contributed by atoms with van der Waals surface area (Å²) in [6.07, 6.45) is 0.127. The molecule has 0 bridgehead atoms. The SMILES string of the molecule is CC(C)(C)OC(=O)N[C@@H](CO)C(=O)NC1=CC(=O)c2ccccc2C1=O. The minimum Gasteiger partial charge on any atom is -0.444 e. The molecule has 1 aromatic carbocycles. The number of ether oxygens (including phenoxy) is 1. The van der Waals surface area contributed by atoms with Crippen molar-refractivity contribution in [2.75, 3.05) is 6.61 Å². The number of hydrogen-bond acceptors (Lipinski definition) is 6. The smallest absolute Gasteiger partial charge is 0.408 e. The molecule has 1 aromatic rings. The number of ketones is 2. The summed E-state index contributed by atoms with van der Waals surface area (Å²) in [6, 6.07) is 4.90. The van der Waals surface area contributed by atoms with Crippen LogP contribution >= 0.6 is 0 Å². The zero-order valence-corrected chi connectivity index (χ0v) is 14.7. The van der Waals surface area contributed by atoms with Gasteiger partial charge >= 0.3 is 6.09 Å². The van der Waals surface area contributed by atoms with Gasteiger partial charge in [0.1, 0.15) is 11.6 Å². The molecule has 8 heteroatoms. The Balaban J connectivity index is 2.10. The van der Waals surface area contributed by atoms with Gasteiger partial charge in [-0.3, -0.25) is 14.4 Å². The molecule has 0 radical (unpaired) electrons. The summed E-state index contributed by atoms with van der Waals surface area (Å²) in [6.45, 7) is 4.23. The van der Waals surface area contributed by atoms with Gasteiger partial charge < -0.3 is 20.5 Å². The molecule has 0 fully saturated rings. The van der Waals surface area contributed by atoms with E-state index in [2.05, 4.69) is 10.6 Å². The molecular formula is C18H20N2O6. The lowest BCUT2D eigenvalue weighted by atomic mass is 9.92. The topological polar surface area (TPSA) is 122 Å². The van der Waals surface area contributed by atoms with Gasteiger partial charge in [0, 0.05) is 17.2 Å². The van der Waals surface area contributed by atoms with Gasteiger partial charge in [-0.05, 0) is 20.8 Å². The highest BCUT2D eigenvalue weighted by molar-refractivity contribution is 6.25. The van der Waals surface area contributed by atoms with Gasteiger partial charge in [0.05, 0.1) is 12.3 Å². The zero-order valence-electron chi connectivity index (χ0n) is 14.7. The Kier molecular flexibility index (Phi) is 5.56. The Morgan fingerprint density at radius 1 is 1.15 bits per heavy atom. The van der Waals surface area contributed by atoms with Gasteiger partial charge in [0.2, 0.25) is 11.7 Å². The molecule has 0 saturated carbocycles. The van der Waals surface area contributed by atoms with Crippen LogP contribution in [0.1, 0.15) is 41.5 Å². The van der Waals surface area contributed by atoms with Crippen molar-refractivity contribution in [2.45, 2.75) is 32.4 Å². The van der Waals surface area contributed by atoms with Crippen LogP contribution in [0.2, 0.25) is 0 Å². The second-order valence-electron chi connectivity index (χ2n) is 6.67. The summed E-state index contributed by atoms with van der Waals surface area (Å²) in [5, 5.41) is 13.8. The Labute approximate surface area is 150 Å². The van der Waals surface area contributed by atoms with E-state index in [1.807, 2.05) is 0 Å². The van der Waals surface area contributed by atoms with E-state index < -0.39 is 41.8 Å². The summed E-state index contributed by atoms with van der Waals surface area (Å²) in [5.41, 5.74) is -0.571. The number of fused-ring (bicyclic) bond motifs is 1. The molecule has 1 aliphatic rings. The second-order valence-corrected chi connectivity index (χ2v) is 6.67. The summed E-state index contributed by atoms with van der Waals surface area (Å²) in [7, 11) is 0. The normalized spacial score (nSPS) is 14.8. The number of carbonyl (C=O) groups excluding carboxylic acids is 4. The predicted molar refractivity (Wildman–Crippen MR) is 91.6 cm³/mol. The zero-order chi connectivity index (χ0) is 19.5. The summed E-state index contributed by atoms with van der Waals surface area (Å²) >= 11 is 0. The fourth-order valence-corrected chi connectivity index (χ4v) is 2.27. The van der Waals surface area contributed by atoms with Gasteiger partial charge in [-0.15, -0.1) is 0 Å². The number of Topliss-reactive ketones (excluding diaryl/α,β-unsaturated/α-hetero) is 1. The van der Waals surface area contributed by atoms with Crippen LogP contribution in [0.4, 0.5) is 4.79 Å². The first kappa shape index (κ1) is 19.3. The first-order chi connectivity index (χ1) is 12.1. The van der Waals surface area contributed by atoms with Gasteiger partial charge in [-0.25, -0.2) is 4.79 Å². The molecule has 0 aliphatic heterocycles. The lowest BCUT2D eigenvalue weighted by Crippen LogP contribution is -2.50. The number of amides is 2. The molecule has 0 heterocycles. The highest BCUT2D eigenvalue weighted by Gasteiger charge is 2.29. The van der Waals surface area contributed by atoms with Crippen molar-refractivity contribution in [2.24, 2.45) is 0 Å². The minimum absolute atomic E-state index is 0.177. The molecule has 0 aromatic heterocycles. The minimum atomic E-state index is -1.34. The summed E-state index contributed by atoms with van der Waals surface area (Å²) in [4.78, 5) is 48.5. The number of nitrogens with one attached hydrogen (secondary N) is 2. The van der Waals surface area contributed by atoms with E-state index in [9.17, 15) is 24.3 Å². The third kappa shape index (κ3) is 4.54. The maximum absolute atomic E-state index is 12.4. The van der Waals surface area contributed by atoms with E-state index in [0.29, 0.717) is 0 Å². The average molecular weight is 360 g/mol. The lowest BCUT2D eigenvalue weighted by Gasteiger charge is -2.23. The van der Waals surface area contributed by atoms with Crippen molar-refractivity contribution in [3.8, 4) is 0 Å². The van der Waals surface area contributed by atoms with Gasteiger partial charge in [0.25, 0.3) is 0 Å². The van der Waals surface area contributed by atoms with Crippen LogP contribution in [0, 0.1) is 0 Å². The largest absolute Gasteiger partial charge is 0.444 e. The van der Waals surface area contributed by atoms with E-state index in [4.69, 9.17) is 4.74 Å². The van der Waals surface area contributed by atoms with Crippen molar-refractivity contribution >= 4 is 23.6 Å². The highest BCUT2D eigenvalue weighted by Crippen LogP contribution is 2.19. The standard InChI is InChI=1S/C18H20N2O6/c1-18(2,3)26-17(25)20-13(9-21)16(24)19-12-8-14(22)10-6-4-5-7-11(10)15(12)23/h4-8,13,21H,9H2,1-3H3,(H,19,24)(H,20,25)/t13-/m0/s1. The molecule has 3 N–H and O–H groups in total. The predicted octanol–water partition coefficient (Wildman–Crippen LogP) is 0.951. The van der Waals surface area contributed by atoms with Gasteiger partial charge in [0.15, 0.2) is 5.78 Å². The second kappa shape index (κ2) is 7.49. The molecule has 1 aliphatic carbocycles. The molecule has 2 rings (SSSR count). The van der Waals surface area contributed by atoms with Crippen LogP contribution in [0.3, 0.4) is 0 Å². The van der Waals surface area contributed by atoms with E-state index in [0.717, 1.165) is 6.08 Å². The number of aliphatic hydroxyl groups is 1. The van der Waals surface area contributed by atoms with Crippen molar-refractivity contribution in [3.05, 3.63) is 47.2 Å². The van der Waals surface area contributed by atoms with E-state index in [1.54, 1.807) is 32.9 Å². The summed E-state index contributed by atoms with van der Waals surface area (Å²) in [5.74, 6) is -1.79. The third-order valence-electron chi connectivity index (χ3n) is 3.41. The van der Waals surface area contributed by atoms with Crippen molar-refractivity contribution in [3.63, 3.8) is 0 Å². The van der Waals surface area contributed by atoms with Crippen LogP contribution in [-0.2, 0) is 9.53 Å². The monoisotopic (exact) mass is 360 g/mol. The molecule has 26 heavy (non-hydrogen) atoms. The first-order valence-electron chi connectivity index (χ1n) is 7.93. The number of carbonyl (C=O) groups is 4. The molecule has 1 atom stereocenters. The molecule has 8 nitrogen and oxygen atoms in total. The van der Waals surface area contributed by atoms with E-state index in [-0.39, 0.29) is 16.8 Å². The first-order valence-corrected chi connectivity index (χ1v) is 7.93. The fraction of sp³-hybridized carbons (Fsp3) is 0.333. The van der Waals surface area contributed by atoms with E-state index in [1.165, 1.54) is 12.1 Å². The van der Waals surface area contributed by atoms with Crippen LogP contribution in [0.25, 0.3) is 0 Å². The molecular weight excluding hydrogens is 340 g/mol. The Bertz CT molecular complexity index is 791. The Morgan fingerprint density at radius 3 is 2.35 bits per heavy atom. The molecule has 2 amide bonds. The van der Waals surface area contributed by atoms with Crippen LogP contribution in [0.5, 0.6) is 0 Å². The third-order valence-corrected chi connectivity index (χ3v) is 3.41. The average Bonchev–Trinajstić information content (AvgIpc) is 2.55. The van der Waals surface area contributed by atoms with Crippen LogP contribution < -0.4 is 10.6 Å². The quantitative estimate of drug-likeness (QED) is 0.735. The van der Waals surface area contributed by atoms with Crippen molar-refractivity contribution in [1.82, 2.24) is 10.6 Å². The molecule has 138 valence electrons. The van der Waals surface area contributed by atoms with Crippen molar-refractivity contribution in [1.29, 1.82) is 0 Å².